The van der Waals surface area contributed by atoms with Crippen molar-refractivity contribution in [2.45, 2.75) is 75.4 Å². The first-order chi connectivity index (χ1) is 23.0. The van der Waals surface area contributed by atoms with E-state index in [0.29, 0.717) is 36.0 Å². The third-order valence-corrected chi connectivity index (χ3v) is 9.50. The lowest BCUT2D eigenvalue weighted by molar-refractivity contribution is -0.218. The van der Waals surface area contributed by atoms with Crippen LogP contribution in [-0.4, -0.2) is 111 Å². The van der Waals surface area contributed by atoms with E-state index in [9.17, 15) is 33.0 Å². The summed E-state index contributed by atoms with van der Waals surface area (Å²) in [5.74, 6) is -2.46. The number of ether oxygens (including phenoxy) is 1. The van der Waals surface area contributed by atoms with Crippen molar-refractivity contribution < 1.29 is 51.4 Å². The number of aliphatic hydroxyl groups is 1. The van der Waals surface area contributed by atoms with Crippen LogP contribution in [0, 0.1) is 0 Å². The summed E-state index contributed by atoms with van der Waals surface area (Å²) in [5.41, 5.74) is 8.80. The molecule has 2 unspecified atom stereocenters. The van der Waals surface area contributed by atoms with Gasteiger partial charge in [0.2, 0.25) is 0 Å². The zero-order chi connectivity index (χ0) is 35.9. The van der Waals surface area contributed by atoms with Crippen LogP contribution in [0.1, 0.15) is 50.4 Å². The number of aromatic nitrogens is 1. The Labute approximate surface area is 284 Å². The van der Waals surface area contributed by atoms with E-state index in [4.69, 9.17) is 25.6 Å². The number of amides is 2. The summed E-state index contributed by atoms with van der Waals surface area (Å²) >= 11 is 0.959. The van der Waals surface area contributed by atoms with Crippen LogP contribution in [-0.2, 0) is 40.3 Å². The summed E-state index contributed by atoms with van der Waals surface area (Å²) in [7, 11) is -5.03. The summed E-state index contributed by atoms with van der Waals surface area (Å²) in [6.45, 7) is 4.28. The molecule has 1 aromatic heterocycles. The number of aliphatic hydroxyl groups excluding tert-OH is 1. The molecule has 1 aromatic carbocycles. The standard InChI is InChI=1S/C28H36N8O11S2/c1-27(2)21(24(39)36(27)47-49(42,43)44)34-23(38)20(17-12-48-26(30)33-17)35-46-28(3,25(40)41)19-7-5-13-10-14(4-6-18(13)45-19)22-31-15(8-9-29)16(11-37)32-22/h4,6,10,12,15-16,19,21,37H,5,7-9,11,29H2,1-3H3,(H2,30,33)(H,31,32)(H,34,38)(H,40,41)(H,42,43,44)/b35-20-/t15?,16?,19-,21-,28+/m1/s1. The molecule has 9 N–H and O–H groups in total. The maximum Gasteiger partial charge on any atom is 0.418 e. The molecule has 2 aromatic rings. The van der Waals surface area contributed by atoms with Gasteiger partial charge >= 0.3 is 16.4 Å². The third-order valence-electron chi connectivity index (χ3n) is 8.49. The maximum absolute atomic E-state index is 13.5. The molecule has 0 saturated carbocycles. The van der Waals surface area contributed by atoms with E-state index in [2.05, 4.69) is 30.0 Å². The molecule has 4 heterocycles. The molecule has 0 aliphatic carbocycles. The Morgan fingerprint density at radius 2 is 2.08 bits per heavy atom. The molecule has 0 bridgehead atoms. The number of carbonyl (C=O) groups excluding carboxylic acids is 2. The normalized spacial score (nSPS) is 24.4. The number of aryl methyl sites for hydroxylation is 1. The highest BCUT2D eigenvalue weighted by atomic mass is 32.3. The number of oxime groups is 1. The van der Waals surface area contributed by atoms with Gasteiger partial charge in [-0.05, 0) is 70.3 Å². The first kappa shape index (κ1) is 35.9. The van der Waals surface area contributed by atoms with E-state index in [-0.39, 0.29) is 35.9 Å². The van der Waals surface area contributed by atoms with Crippen molar-refractivity contribution in [2.24, 2.45) is 15.9 Å². The van der Waals surface area contributed by atoms with Gasteiger partial charge in [0.1, 0.15) is 23.3 Å². The van der Waals surface area contributed by atoms with Crippen LogP contribution in [0.15, 0.2) is 33.7 Å². The van der Waals surface area contributed by atoms with E-state index in [1.54, 1.807) is 12.1 Å². The number of β-lactam (4-membered cyclic amide) rings is 1. The van der Waals surface area contributed by atoms with E-state index in [1.807, 2.05) is 6.07 Å². The molecule has 0 radical (unpaired) electrons. The Bertz CT molecular complexity index is 1810. The molecule has 2 amide bonds. The number of thiazole rings is 1. The van der Waals surface area contributed by atoms with Gasteiger partial charge in [-0.1, -0.05) is 5.16 Å². The molecular formula is C28H36N8O11S2. The number of aliphatic imine (C=N–C) groups is 1. The summed E-state index contributed by atoms with van der Waals surface area (Å²) in [5, 5.41) is 31.3. The first-order valence-corrected chi connectivity index (χ1v) is 17.2. The lowest BCUT2D eigenvalue weighted by Gasteiger charge is -2.50. The van der Waals surface area contributed by atoms with Gasteiger partial charge in [-0.2, -0.15) is 13.5 Å². The van der Waals surface area contributed by atoms with Gasteiger partial charge in [-0.25, -0.2) is 9.78 Å². The number of hydroxylamine groups is 2. The van der Waals surface area contributed by atoms with Gasteiger partial charge in [-0.3, -0.25) is 19.1 Å². The monoisotopic (exact) mass is 724 g/mol. The Morgan fingerprint density at radius 1 is 1.35 bits per heavy atom. The minimum absolute atomic E-state index is 0.0522. The van der Waals surface area contributed by atoms with E-state index < -0.39 is 57.2 Å². The van der Waals surface area contributed by atoms with Gasteiger partial charge in [-0.15, -0.1) is 15.6 Å². The Kier molecular flexibility index (Phi) is 9.87. The van der Waals surface area contributed by atoms with Crippen LogP contribution < -0.4 is 26.8 Å². The predicted molar refractivity (Wildman–Crippen MR) is 173 cm³/mol. The highest BCUT2D eigenvalue weighted by Gasteiger charge is 2.58. The number of rotatable bonds is 13. The lowest BCUT2D eigenvalue weighted by Crippen LogP contribution is -2.76. The summed E-state index contributed by atoms with van der Waals surface area (Å²) in [6.07, 6.45) is 0.103. The number of carboxylic acids is 1. The van der Waals surface area contributed by atoms with Crippen LogP contribution >= 0.6 is 11.3 Å². The van der Waals surface area contributed by atoms with E-state index in [0.717, 1.165) is 22.5 Å². The van der Waals surface area contributed by atoms with Crippen LogP contribution in [0.5, 0.6) is 5.75 Å². The highest BCUT2D eigenvalue weighted by Crippen LogP contribution is 2.36. The number of nitrogens with two attached hydrogens (primary N) is 2. The fourth-order valence-electron chi connectivity index (χ4n) is 5.65. The molecule has 3 aliphatic rings. The number of hydrogen-bond acceptors (Lipinski definition) is 16. The van der Waals surface area contributed by atoms with Gasteiger partial charge in [0.25, 0.3) is 17.4 Å². The van der Waals surface area contributed by atoms with Crippen LogP contribution in [0.4, 0.5) is 5.13 Å². The number of carboxylic acid groups (broad SMARTS) is 1. The van der Waals surface area contributed by atoms with Gasteiger partial charge in [0, 0.05) is 10.9 Å². The number of nitrogens with one attached hydrogen (secondary N) is 2. The minimum atomic E-state index is -5.03. The minimum Gasteiger partial charge on any atom is -0.485 e. The fraction of sp³-hybridized carbons (Fsp3) is 0.500. The second-order valence-electron chi connectivity index (χ2n) is 12.2. The average Bonchev–Trinajstić information content (AvgIpc) is 3.67. The van der Waals surface area contributed by atoms with Gasteiger partial charge < -0.3 is 41.9 Å². The van der Waals surface area contributed by atoms with Crippen molar-refractivity contribution >= 4 is 56.2 Å². The zero-order valence-electron chi connectivity index (χ0n) is 26.5. The molecule has 19 nitrogen and oxygen atoms in total. The van der Waals surface area contributed by atoms with Gasteiger partial charge in [0.15, 0.2) is 16.9 Å². The number of nitrogens with zero attached hydrogens (tertiary/aromatic N) is 4. The number of benzene rings is 1. The number of hydrogen-bond donors (Lipinski definition) is 7. The zero-order valence-corrected chi connectivity index (χ0v) is 28.2. The second kappa shape index (κ2) is 13.5. The molecule has 21 heteroatoms. The van der Waals surface area contributed by atoms with Crippen molar-refractivity contribution in [3.63, 3.8) is 0 Å². The van der Waals surface area contributed by atoms with Crippen molar-refractivity contribution in [1.29, 1.82) is 0 Å². The Hall–Kier alpha value is -4.41. The largest absolute Gasteiger partial charge is 0.485 e. The number of amidine groups is 1. The lowest BCUT2D eigenvalue weighted by atomic mass is 9.84. The number of fused-ring (bicyclic) bond motifs is 1. The molecule has 5 rings (SSSR count). The molecular weight excluding hydrogens is 688 g/mol. The highest BCUT2D eigenvalue weighted by molar-refractivity contribution is 7.80. The molecule has 0 spiro atoms. The summed E-state index contributed by atoms with van der Waals surface area (Å²) in [4.78, 5) is 53.0. The second-order valence-corrected chi connectivity index (χ2v) is 14.1. The first-order valence-electron chi connectivity index (χ1n) is 15.0. The maximum atomic E-state index is 13.5. The van der Waals surface area contributed by atoms with E-state index >= 15 is 0 Å². The Balaban J connectivity index is 1.35. The smallest absolute Gasteiger partial charge is 0.418 e. The predicted octanol–water partition coefficient (Wildman–Crippen LogP) is -1.05. The van der Waals surface area contributed by atoms with E-state index in [1.165, 1.54) is 26.2 Å². The number of nitrogen functional groups attached to an aromatic ring is 1. The third kappa shape index (κ3) is 7.16. The Morgan fingerprint density at radius 3 is 2.67 bits per heavy atom. The fourth-order valence-corrected chi connectivity index (χ4v) is 6.65. The number of anilines is 1. The molecule has 1 fully saturated rings. The molecule has 3 aliphatic heterocycles. The number of carbonyl (C=O) groups is 3. The SMILES string of the molecule is CC1(C)[C@H](NC(=O)/C(=N\O[C@](C)(C(=O)O)[C@H]2CCc3cc(C4=NC(CCN)C(CO)N4)ccc3O2)c2csc(N)n2)C(=O)N1OS(=O)(=O)O. The summed E-state index contributed by atoms with van der Waals surface area (Å²) < 4.78 is 41.7. The molecule has 266 valence electrons. The van der Waals surface area contributed by atoms with Gasteiger partial charge in [0.05, 0.1) is 24.2 Å². The quantitative estimate of drug-likeness (QED) is 0.0561. The summed E-state index contributed by atoms with van der Waals surface area (Å²) in [6, 6.07) is 3.53. The molecule has 1 saturated heterocycles. The van der Waals surface area contributed by atoms with Crippen molar-refractivity contribution in [3.8, 4) is 5.75 Å². The van der Waals surface area contributed by atoms with Crippen molar-refractivity contribution in [3.05, 3.63) is 40.4 Å². The van der Waals surface area contributed by atoms with Crippen LogP contribution in [0.2, 0.25) is 0 Å². The number of aliphatic carboxylic acids is 1. The molecule has 5 atom stereocenters. The van der Waals surface area contributed by atoms with Crippen molar-refractivity contribution in [1.82, 2.24) is 20.7 Å². The van der Waals surface area contributed by atoms with Crippen LogP contribution in [0.3, 0.4) is 0 Å². The van der Waals surface area contributed by atoms with Crippen molar-refractivity contribution in [2.75, 3.05) is 18.9 Å². The molecule has 49 heavy (non-hydrogen) atoms. The average molecular weight is 725 g/mol. The van der Waals surface area contributed by atoms with Crippen LogP contribution in [0.25, 0.3) is 0 Å². The topological polar surface area (TPSA) is 291 Å².